The Balaban J connectivity index is 1.74. The van der Waals surface area contributed by atoms with Crippen LogP contribution in [-0.4, -0.2) is 42.2 Å². The summed E-state index contributed by atoms with van der Waals surface area (Å²) in [5, 5.41) is 17.3. The Kier molecular flexibility index (Phi) is 6.40. The standard InChI is InChI=1S/C20H22N4O4S/c1-13-3-4-14(2)16(11-13)21-20(29)22-19(25)15-5-6-17(18(12-15)24(26)27)23-7-9-28-10-8-23/h3-6,11-12H,7-10H2,1-2H3,(H2,21,22,25,29). The van der Waals surface area contributed by atoms with E-state index in [1.54, 1.807) is 12.1 Å². The molecule has 0 unspecified atom stereocenters. The Bertz CT molecular complexity index is 957. The Morgan fingerprint density at radius 3 is 2.59 bits per heavy atom. The molecule has 1 saturated heterocycles. The van der Waals surface area contributed by atoms with E-state index in [9.17, 15) is 14.9 Å². The summed E-state index contributed by atoms with van der Waals surface area (Å²) in [6, 6.07) is 10.3. The van der Waals surface area contributed by atoms with Crippen LogP contribution in [0.4, 0.5) is 17.1 Å². The van der Waals surface area contributed by atoms with Crippen LogP contribution in [0, 0.1) is 24.0 Å². The van der Waals surface area contributed by atoms with Gasteiger partial charge in [-0.3, -0.25) is 20.2 Å². The van der Waals surface area contributed by atoms with Crippen molar-refractivity contribution in [2.45, 2.75) is 13.8 Å². The highest BCUT2D eigenvalue weighted by Gasteiger charge is 2.23. The van der Waals surface area contributed by atoms with Gasteiger partial charge < -0.3 is 15.0 Å². The van der Waals surface area contributed by atoms with E-state index in [0.717, 1.165) is 16.8 Å². The van der Waals surface area contributed by atoms with Crippen molar-refractivity contribution in [3.05, 3.63) is 63.2 Å². The van der Waals surface area contributed by atoms with Crippen LogP contribution in [-0.2, 0) is 4.74 Å². The summed E-state index contributed by atoms with van der Waals surface area (Å²) in [5.74, 6) is -0.510. The van der Waals surface area contributed by atoms with E-state index in [1.807, 2.05) is 36.9 Å². The van der Waals surface area contributed by atoms with Gasteiger partial charge in [-0.05, 0) is 55.4 Å². The van der Waals surface area contributed by atoms with Crippen LogP contribution in [0.2, 0.25) is 0 Å². The second kappa shape index (κ2) is 8.97. The van der Waals surface area contributed by atoms with Gasteiger partial charge in [0.1, 0.15) is 5.69 Å². The number of aryl methyl sites for hydroxylation is 2. The predicted molar refractivity (Wildman–Crippen MR) is 116 cm³/mol. The lowest BCUT2D eigenvalue weighted by Gasteiger charge is -2.28. The Morgan fingerprint density at radius 2 is 1.90 bits per heavy atom. The minimum Gasteiger partial charge on any atom is -0.378 e. The van der Waals surface area contributed by atoms with Crippen molar-refractivity contribution >= 4 is 40.3 Å². The summed E-state index contributed by atoms with van der Waals surface area (Å²) in [6.07, 6.45) is 0. The molecule has 8 nitrogen and oxygen atoms in total. The number of benzene rings is 2. The average Bonchev–Trinajstić information content (AvgIpc) is 2.70. The lowest BCUT2D eigenvalue weighted by molar-refractivity contribution is -0.384. The summed E-state index contributed by atoms with van der Waals surface area (Å²) < 4.78 is 5.29. The van der Waals surface area contributed by atoms with Crippen molar-refractivity contribution in [1.29, 1.82) is 0 Å². The Labute approximate surface area is 174 Å². The van der Waals surface area contributed by atoms with Crippen LogP contribution in [0.25, 0.3) is 0 Å². The normalized spacial score (nSPS) is 13.7. The van der Waals surface area contributed by atoms with Gasteiger partial charge in [0, 0.05) is 30.4 Å². The number of nitro groups is 1. The van der Waals surface area contributed by atoms with Crippen LogP contribution in [0.3, 0.4) is 0 Å². The van der Waals surface area contributed by atoms with Gasteiger partial charge in [-0.2, -0.15) is 0 Å². The van der Waals surface area contributed by atoms with Gasteiger partial charge in [-0.1, -0.05) is 12.1 Å². The molecule has 1 fully saturated rings. The van der Waals surface area contributed by atoms with E-state index in [-0.39, 0.29) is 16.4 Å². The highest BCUT2D eigenvalue weighted by atomic mass is 32.1. The number of ether oxygens (including phenoxy) is 1. The lowest BCUT2D eigenvalue weighted by Crippen LogP contribution is -2.37. The van der Waals surface area contributed by atoms with E-state index in [2.05, 4.69) is 10.6 Å². The molecule has 1 amide bonds. The number of nitrogens with zero attached hydrogens (tertiary/aromatic N) is 2. The number of carbonyl (C=O) groups is 1. The summed E-state index contributed by atoms with van der Waals surface area (Å²) >= 11 is 5.23. The number of anilines is 2. The molecular formula is C20H22N4O4S. The number of hydrogen-bond donors (Lipinski definition) is 2. The molecular weight excluding hydrogens is 392 g/mol. The average molecular weight is 414 g/mol. The largest absolute Gasteiger partial charge is 0.378 e. The maximum absolute atomic E-state index is 12.6. The molecule has 2 N–H and O–H groups in total. The fraction of sp³-hybridized carbons (Fsp3) is 0.300. The molecule has 0 bridgehead atoms. The van der Waals surface area contributed by atoms with Gasteiger partial charge in [0.25, 0.3) is 11.6 Å². The SMILES string of the molecule is Cc1ccc(C)c(NC(=S)NC(=O)c2ccc(N3CCOCC3)c([N+](=O)[O-])c2)c1. The molecule has 29 heavy (non-hydrogen) atoms. The van der Waals surface area contributed by atoms with Gasteiger partial charge in [0.05, 0.1) is 18.1 Å². The number of nitro benzene ring substituents is 1. The molecule has 1 heterocycles. The molecule has 152 valence electrons. The van der Waals surface area contributed by atoms with E-state index in [0.29, 0.717) is 32.0 Å². The highest BCUT2D eigenvalue weighted by Crippen LogP contribution is 2.30. The smallest absolute Gasteiger partial charge is 0.293 e. The topological polar surface area (TPSA) is 96.7 Å². The fourth-order valence-corrected chi connectivity index (χ4v) is 3.28. The van der Waals surface area contributed by atoms with E-state index in [1.165, 1.54) is 6.07 Å². The molecule has 0 aliphatic carbocycles. The van der Waals surface area contributed by atoms with Crippen molar-refractivity contribution in [2.24, 2.45) is 0 Å². The first kappa shape index (κ1) is 20.7. The molecule has 1 aliphatic heterocycles. The fourth-order valence-electron chi connectivity index (χ4n) is 3.08. The summed E-state index contributed by atoms with van der Waals surface area (Å²) in [5.41, 5.74) is 3.36. The third-order valence-corrected chi connectivity index (χ3v) is 4.86. The summed E-state index contributed by atoms with van der Waals surface area (Å²) in [7, 11) is 0. The first-order valence-corrected chi connectivity index (χ1v) is 9.56. The van der Waals surface area contributed by atoms with Crippen LogP contribution >= 0.6 is 12.2 Å². The molecule has 2 aromatic carbocycles. The molecule has 3 rings (SSSR count). The summed E-state index contributed by atoms with van der Waals surface area (Å²) in [6.45, 7) is 6.04. The Morgan fingerprint density at radius 1 is 1.17 bits per heavy atom. The zero-order chi connectivity index (χ0) is 21.0. The molecule has 1 aliphatic rings. The van der Waals surface area contributed by atoms with Crippen LogP contribution in [0.5, 0.6) is 0 Å². The maximum Gasteiger partial charge on any atom is 0.293 e. The van der Waals surface area contributed by atoms with Crippen molar-refractivity contribution in [3.63, 3.8) is 0 Å². The van der Waals surface area contributed by atoms with Crippen LogP contribution < -0.4 is 15.5 Å². The maximum atomic E-state index is 12.6. The number of hydrogen-bond acceptors (Lipinski definition) is 6. The van der Waals surface area contributed by atoms with E-state index >= 15 is 0 Å². The van der Waals surface area contributed by atoms with Crippen molar-refractivity contribution in [3.8, 4) is 0 Å². The lowest BCUT2D eigenvalue weighted by atomic mass is 10.1. The van der Waals surface area contributed by atoms with E-state index in [4.69, 9.17) is 17.0 Å². The number of amides is 1. The summed E-state index contributed by atoms with van der Waals surface area (Å²) in [4.78, 5) is 25.5. The molecule has 9 heteroatoms. The molecule has 0 atom stereocenters. The quantitative estimate of drug-likeness (QED) is 0.451. The minimum atomic E-state index is -0.510. The monoisotopic (exact) mass is 414 g/mol. The van der Waals surface area contributed by atoms with Gasteiger partial charge in [0.2, 0.25) is 0 Å². The van der Waals surface area contributed by atoms with Gasteiger partial charge in [-0.25, -0.2) is 0 Å². The van der Waals surface area contributed by atoms with Crippen molar-refractivity contribution in [1.82, 2.24) is 5.32 Å². The van der Waals surface area contributed by atoms with Gasteiger partial charge in [0.15, 0.2) is 5.11 Å². The number of rotatable bonds is 4. The van der Waals surface area contributed by atoms with Crippen LogP contribution in [0.1, 0.15) is 21.5 Å². The molecule has 2 aromatic rings. The number of thiocarbonyl (C=S) groups is 1. The first-order chi connectivity index (χ1) is 13.8. The van der Waals surface area contributed by atoms with E-state index < -0.39 is 10.8 Å². The van der Waals surface area contributed by atoms with Gasteiger partial charge in [-0.15, -0.1) is 0 Å². The number of nitrogens with one attached hydrogen (secondary N) is 2. The zero-order valence-electron chi connectivity index (χ0n) is 16.2. The zero-order valence-corrected chi connectivity index (χ0v) is 17.0. The minimum absolute atomic E-state index is 0.118. The van der Waals surface area contributed by atoms with Crippen LogP contribution in [0.15, 0.2) is 36.4 Å². The predicted octanol–water partition coefficient (Wildman–Crippen LogP) is 3.18. The molecule has 0 radical (unpaired) electrons. The Hall–Kier alpha value is -3.04. The second-order valence-electron chi connectivity index (χ2n) is 6.79. The third-order valence-electron chi connectivity index (χ3n) is 4.65. The third kappa shape index (κ3) is 5.07. The second-order valence-corrected chi connectivity index (χ2v) is 7.19. The number of carbonyl (C=O) groups excluding carboxylic acids is 1. The van der Waals surface area contributed by atoms with Crippen molar-refractivity contribution < 1.29 is 14.5 Å². The van der Waals surface area contributed by atoms with Crippen molar-refractivity contribution in [2.75, 3.05) is 36.5 Å². The number of morpholine rings is 1. The highest BCUT2D eigenvalue weighted by molar-refractivity contribution is 7.80. The van der Waals surface area contributed by atoms with Gasteiger partial charge >= 0.3 is 0 Å². The molecule has 0 aromatic heterocycles. The molecule has 0 spiro atoms. The first-order valence-electron chi connectivity index (χ1n) is 9.16. The molecule has 0 saturated carbocycles.